The van der Waals surface area contributed by atoms with E-state index in [1.807, 2.05) is 18.2 Å². The van der Waals surface area contributed by atoms with Crippen molar-refractivity contribution in [2.45, 2.75) is 31.2 Å². The summed E-state index contributed by atoms with van der Waals surface area (Å²) in [6.45, 7) is 0. The molecule has 0 aromatic heterocycles. The minimum absolute atomic E-state index is 0.0741. The average molecular weight is 429 g/mol. The number of anilines is 2. The predicted molar refractivity (Wildman–Crippen MR) is 126 cm³/mol. The van der Waals surface area contributed by atoms with Gasteiger partial charge < -0.3 is 10.6 Å². The molecule has 0 saturated heterocycles. The van der Waals surface area contributed by atoms with Crippen molar-refractivity contribution in [1.82, 2.24) is 0 Å². The van der Waals surface area contributed by atoms with Crippen molar-refractivity contribution < 1.29 is 4.79 Å². The van der Waals surface area contributed by atoms with Gasteiger partial charge in [-0.15, -0.1) is 0 Å². The molecule has 31 heavy (non-hydrogen) atoms. The lowest BCUT2D eigenvalue weighted by Gasteiger charge is -2.43. The number of hydrogen-bond acceptors (Lipinski definition) is 2. The van der Waals surface area contributed by atoms with E-state index < -0.39 is 0 Å². The van der Waals surface area contributed by atoms with E-state index in [2.05, 4.69) is 53.1 Å². The topological polar surface area (TPSA) is 41.1 Å². The number of rotatable bonds is 3. The molecular weight excluding hydrogens is 404 g/mol. The molecule has 3 aromatic rings. The molecule has 1 aliphatic heterocycles. The SMILES string of the molecule is O=C(Nc1ccc(Cl)cc1)c1ccc2c(c1)[C@@H]1[C@H]3CC[C@@H](C3)[C@H]1[C@@H](c1ccccc1)N2. The van der Waals surface area contributed by atoms with E-state index in [0.717, 1.165) is 23.1 Å². The zero-order chi connectivity index (χ0) is 20.9. The lowest BCUT2D eigenvalue weighted by Crippen LogP contribution is -2.35. The largest absolute Gasteiger partial charge is 0.378 e. The number of amides is 1. The molecule has 3 aromatic carbocycles. The third kappa shape index (κ3) is 3.23. The summed E-state index contributed by atoms with van der Waals surface area (Å²) in [6, 6.07) is 24.6. The van der Waals surface area contributed by atoms with Crippen LogP contribution in [0.25, 0.3) is 0 Å². The van der Waals surface area contributed by atoms with Crippen molar-refractivity contribution in [3.8, 4) is 0 Å². The second kappa shape index (κ2) is 7.42. The van der Waals surface area contributed by atoms with Crippen LogP contribution in [-0.4, -0.2) is 5.91 Å². The average Bonchev–Trinajstić information content (AvgIpc) is 3.43. The minimum Gasteiger partial charge on any atom is -0.378 e. The standard InChI is InChI=1S/C27H25ClN2O/c28-20-9-11-21(12-10-20)29-27(31)19-8-13-23-22(15-19)24-17-6-7-18(14-17)25(24)26(30-23)16-4-2-1-3-5-16/h1-5,8-13,15,17-18,24-26,30H,6-7,14H2,(H,29,31)/t17-,18-,24-,25+,26+/m0/s1. The first kappa shape index (κ1) is 18.9. The molecule has 6 rings (SSSR count). The Hall–Kier alpha value is -2.78. The molecule has 1 heterocycles. The predicted octanol–water partition coefficient (Wildman–Crippen LogP) is 6.89. The van der Waals surface area contributed by atoms with E-state index in [1.54, 1.807) is 12.1 Å². The number of carbonyl (C=O) groups excluding carboxylic acids is 1. The Morgan fingerprint density at radius 2 is 1.71 bits per heavy atom. The van der Waals surface area contributed by atoms with E-state index >= 15 is 0 Å². The number of fused-ring (bicyclic) bond motifs is 7. The second-order valence-electron chi connectivity index (χ2n) is 9.23. The van der Waals surface area contributed by atoms with Crippen molar-refractivity contribution in [2.75, 3.05) is 10.6 Å². The Morgan fingerprint density at radius 3 is 2.52 bits per heavy atom. The summed E-state index contributed by atoms with van der Waals surface area (Å²) >= 11 is 5.96. The molecule has 2 fully saturated rings. The summed E-state index contributed by atoms with van der Waals surface area (Å²) in [5.41, 5.74) is 5.36. The molecule has 3 aliphatic rings. The zero-order valence-electron chi connectivity index (χ0n) is 17.2. The van der Waals surface area contributed by atoms with Gasteiger partial charge in [-0.2, -0.15) is 0 Å². The third-order valence-electron chi connectivity index (χ3n) is 7.61. The number of hydrogen-bond donors (Lipinski definition) is 2. The normalized spacial score (nSPS) is 27.8. The van der Waals surface area contributed by atoms with Gasteiger partial charge in [-0.3, -0.25) is 4.79 Å². The monoisotopic (exact) mass is 428 g/mol. The van der Waals surface area contributed by atoms with Gasteiger partial charge in [0.15, 0.2) is 0 Å². The van der Waals surface area contributed by atoms with Crippen LogP contribution < -0.4 is 10.6 Å². The summed E-state index contributed by atoms with van der Waals surface area (Å²) in [5.74, 6) is 2.56. The molecule has 0 unspecified atom stereocenters. The van der Waals surface area contributed by atoms with E-state index in [-0.39, 0.29) is 5.91 Å². The molecular formula is C27H25ClN2O. The van der Waals surface area contributed by atoms with Crippen LogP contribution in [0.2, 0.25) is 5.02 Å². The van der Waals surface area contributed by atoms with Gasteiger partial charge in [0.2, 0.25) is 0 Å². The molecule has 2 aliphatic carbocycles. The first-order chi connectivity index (χ1) is 15.2. The van der Waals surface area contributed by atoms with Gasteiger partial charge in [0.1, 0.15) is 0 Å². The molecule has 2 saturated carbocycles. The van der Waals surface area contributed by atoms with Gasteiger partial charge in [0.25, 0.3) is 5.91 Å². The van der Waals surface area contributed by atoms with Crippen molar-refractivity contribution >= 4 is 28.9 Å². The zero-order valence-corrected chi connectivity index (χ0v) is 18.0. The first-order valence-electron chi connectivity index (χ1n) is 11.2. The number of carbonyl (C=O) groups is 1. The van der Waals surface area contributed by atoms with Gasteiger partial charge in [-0.05, 0) is 96.5 Å². The van der Waals surface area contributed by atoms with Crippen molar-refractivity contribution in [1.29, 1.82) is 0 Å². The fourth-order valence-electron chi connectivity index (χ4n) is 6.35. The van der Waals surface area contributed by atoms with Crippen LogP contribution in [0.1, 0.15) is 52.7 Å². The molecule has 4 heteroatoms. The van der Waals surface area contributed by atoms with Crippen molar-refractivity contribution in [2.24, 2.45) is 17.8 Å². The highest BCUT2D eigenvalue weighted by molar-refractivity contribution is 6.30. The molecule has 2 N–H and O–H groups in total. The molecule has 2 bridgehead atoms. The smallest absolute Gasteiger partial charge is 0.255 e. The first-order valence-corrected chi connectivity index (χ1v) is 11.6. The highest BCUT2D eigenvalue weighted by Gasteiger charge is 2.53. The van der Waals surface area contributed by atoms with Gasteiger partial charge in [-0.1, -0.05) is 41.9 Å². The number of benzene rings is 3. The Kier molecular flexibility index (Phi) is 4.53. The van der Waals surface area contributed by atoms with Gasteiger partial charge in [0, 0.05) is 22.0 Å². The molecule has 3 nitrogen and oxygen atoms in total. The summed E-state index contributed by atoms with van der Waals surface area (Å²) in [5, 5.41) is 7.51. The Bertz CT molecular complexity index is 1130. The maximum Gasteiger partial charge on any atom is 0.255 e. The lowest BCUT2D eigenvalue weighted by atomic mass is 9.68. The summed E-state index contributed by atoms with van der Waals surface area (Å²) in [7, 11) is 0. The van der Waals surface area contributed by atoms with Gasteiger partial charge >= 0.3 is 0 Å². The second-order valence-corrected chi connectivity index (χ2v) is 9.67. The highest BCUT2D eigenvalue weighted by Crippen LogP contribution is 2.63. The van der Waals surface area contributed by atoms with Crippen molar-refractivity contribution in [3.63, 3.8) is 0 Å². The van der Waals surface area contributed by atoms with Gasteiger partial charge in [0.05, 0.1) is 6.04 Å². The highest BCUT2D eigenvalue weighted by atomic mass is 35.5. The molecule has 156 valence electrons. The fourth-order valence-corrected chi connectivity index (χ4v) is 6.48. The van der Waals surface area contributed by atoms with Crippen LogP contribution in [0.3, 0.4) is 0 Å². The molecule has 0 radical (unpaired) electrons. The molecule has 1 amide bonds. The van der Waals surface area contributed by atoms with Crippen LogP contribution in [-0.2, 0) is 0 Å². The number of halogens is 1. The lowest BCUT2D eigenvalue weighted by molar-refractivity contribution is 0.102. The summed E-state index contributed by atoms with van der Waals surface area (Å²) in [4.78, 5) is 13.0. The van der Waals surface area contributed by atoms with Crippen LogP contribution in [0.4, 0.5) is 11.4 Å². The Balaban J connectivity index is 1.34. The summed E-state index contributed by atoms with van der Waals surface area (Å²) in [6.07, 6.45) is 3.97. The maximum absolute atomic E-state index is 13.0. The van der Waals surface area contributed by atoms with Crippen LogP contribution in [0, 0.1) is 17.8 Å². The number of nitrogens with one attached hydrogen (secondary N) is 2. The van der Waals surface area contributed by atoms with E-state index in [9.17, 15) is 4.79 Å². The van der Waals surface area contributed by atoms with E-state index in [4.69, 9.17) is 11.6 Å². The molecule has 5 atom stereocenters. The van der Waals surface area contributed by atoms with Crippen molar-refractivity contribution in [3.05, 3.63) is 94.5 Å². The Labute approximate surface area is 187 Å². The van der Waals surface area contributed by atoms with Crippen LogP contribution >= 0.6 is 11.6 Å². The minimum atomic E-state index is -0.0741. The van der Waals surface area contributed by atoms with E-state index in [1.165, 1.54) is 36.1 Å². The molecule has 0 spiro atoms. The summed E-state index contributed by atoms with van der Waals surface area (Å²) < 4.78 is 0. The quantitative estimate of drug-likeness (QED) is 0.477. The van der Waals surface area contributed by atoms with Crippen LogP contribution in [0.5, 0.6) is 0 Å². The fraction of sp³-hybridized carbons (Fsp3) is 0.296. The Morgan fingerprint density at radius 1 is 0.935 bits per heavy atom. The maximum atomic E-state index is 13.0. The van der Waals surface area contributed by atoms with Gasteiger partial charge in [-0.25, -0.2) is 0 Å². The van der Waals surface area contributed by atoms with Crippen LogP contribution in [0.15, 0.2) is 72.8 Å². The van der Waals surface area contributed by atoms with E-state index in [0.29, 0.717) is 22.9 Å². The third-order valence-corrected chi connectivity index (χ3v) is 7.86.